The Morgan fingerprint density at radius 1 is 1.19 bits per heavy atom. The van der Waals surface area contributed by atoms with Crippen molar-refractivity contribution in [3.63, 3.8) is 0 Å². The number of hydrogen-bond acceptors (Lipinski definition) is 4. The maximum absolute atomic E-state index is 12.0. The van der Waals surface area contributed by atoms with Crippen molar-refractivity contribution < 1.29 is 27.5 Å². The third-order valence-electron chi connectivity index (χ3n) is 2.33. The van der Waals surface area contributed by atoms with Crippen molar-refractivity contribution in [3.05, 3.63) is 24.3 Å². The number of carbonyl (C=O) groups excluding carboxylic acids is 2. The SMILES string of the molecule is CNC(=O)NC(=O)C(C)Nc1ccc(OC(F)(F)F)cc1. The van der Waals surface area contributed by atoms with Crippen LogP contribution in [0.2, 0.25) is 0 Å². The molecule has 1 unspecified atom stereocenters. The number of halogens is 3. The predicted molar refractivity (Wildman–Crippen MR) is 68.8 cm³/mol. The van der Waals surface area contributed by atoms with Gasteiger partial charge in [-0.15, -0.1) is 13.2 Å². The zero-order valence-corrected chi connectivity index (χ0v) is 11.2. The minimum Gasteiger partial charge on any atom is -0.406 e. The number of rotatable bonds is 4. The van der Waals surface area contributed by atoms with Crippen LogP contribution in [0.3, 0.4) is 0 Å². The number of anilines is 1. The quantitative estimate of drug-likeness (QED) is 0.793. The third-order valence-corrected chi connectivity index (χ3v) is 2.33. The summed E-state index contributed by atoms with van der Waals surface area (Å²) in [6.07, 6.45) is -4.75. The van der Waals surface area contributed by atoms with Gasteiger partial charge >= 0.3 is 12.4 Å². The van der Waals surface area contributed by atoms with Crippen LogP contribution in [0.5, 0.6) is 5.75 Å². The first-order valence-electron chi connectivity index (χ1n) is 5.86. The van der Waals surface area contributed by atoms with E-state index in [2.05, 4.69) is 20.7 Å². The van der Waals surface area contributed by atoms with E-state index in [1.807, 2.05) is 0 Å². The Kier molecular flexibility index (Phi) is 5.39. The highest BCUT2D eigenvalue weighted by molar-refractivity contribution is 5.97. The van der Waals surface area contributed by atoms with Crippen molar-refractivity contribution >= 4 is 17.6 Å². The molecule has 1 atom stereocenters. The fourth-order valence-electron chi connectivity index (χ4n) is 1.35. The van der Waals surface area contributed by atoms with E-state index in [1.54, 1.807) is 0 Å². The van der Waals surface area contributed by atoms with E-state index in [9.17, 15) is 22.8 Å². The average Bonchev–Trinajstić information content (AvgIpc) is 2.39. The summed E-state index contributed by atoms with van der Waals surface area (Å²) in [5, 5.41) is 7.02. The van der Waals surface area contributed by atoms with Gasteiger partial charge in [-0.05, 0) is 31.2 Å². The molecule has 0 saturated carbocycles. The molecule has 1 aromatic rings. The second kappa shape index (κ2) is 6.82. The summed E-state index contributed by atoms with van der Waals surface area (Å²) in [7, 11) is 1.36. The Hall–Kier alpha value is -2.45. The molecule has 0 radical (unpaired) electrons. The molecular formula is C12H14F3N3O3. The molecule has 116 valence electrons. The predicted octanol–water partition coefficient (Wildman–Crippen LogP) is 1.84. The van der Waals surface area contributed by atoms with Crippen LogP contribution in [0.15, 0.2) is 24.3 Å². The number of nitrogens with one attached hydrogen (secondary N) is 3. The van der Waals surface area contributed by atoms with Crippen LogP contribution in [-0.4, -0.2) is 31.4 Å². The van der Waals surface area contributed by atoms with Gasteiger partial charge in [0.25, 0.3) is 0 Å². The largest absolute Gasteiger partial charge is 0.573 e. The molecule has 1 rings (SSSR count). The standard InChI is InChI=1S/C12H14F3N3O3/c1-7(10(19)18-11(20)16-2)17-8-3-5-9(6-4-8)21-12(13,14)15/h3-7,17H,1-2H3,(H2,16,18,19,20). The van der Waals surface area contributed by atoms with Gasteiger partial charge in [0, 0.05) is 12.7 Å². The smallest absolute Gasteiger partial charge is 0.406 e. The van der Waals surface area contributed by atoms with Crippen molar-refractivity contribution in [3.8, 4) is 5.75 Å². The highest BCUT2D eigenvalue weighted by Gasteiger charge is 2.30. The highest BCUT2D eigenvalue weighted by atomic mass is 19.4. The third kappa shape index (κ3) is 6.02. The summed E-state index contributed by atoms with van der Waals surface area (Å²) >= 11 is 0. The Morgan fingerprint density at radius 3 is 2.24 bits per heavy atom. The monoisotopic (exact) mass is 305 g/mol. The fraction of sp³-hybridized carbons (Fsp3) is 0.333. The van der Waals surface area contributed by atoms with Crippen molar-refractivity contribution in [1.29, 1.82) is 0 Å². The summed E-state index contributed by atoms with van der Waals surface area (Å²) in [4.78, 5) is 22.5. The molecule has 0 heterocycles. The van der Waals surface area contributed by atoms with Crippen LogP contribution in [0, 0.1) is 0 Å². The van der Waals surface area contributed by atoms with E-state index in [-0.39, 0.29) is 5.75 Å². The lowest BCUT2D eigenvalue weighted by atomic mass is 10.2. The van der Waals surface area contributed by atoms with Gasteiger partial charge in [-0.1, -0.05) is 0 Å². The Bertz CT molecular complexity index is 503. The first-order valence-corrected chi connectivity index (χ1v) is 5.86. The van der Waals surface area contributed by atoms with Crippen molar-refractivity contribution in [2.75, 3.05) is 12.4 Å². The van der Waals surface area contributed by atoms with Crippen LogP contribution in [0.4, 0.5) is 23.7 Å². The highest BCUT2D eigenvalue weighted by Crippen LogP contribution is 2.24. The van der Waals surface area contributed by atoms with Crippen LogP contribution in [0.25, 0.3) is 0 Å². The van der Waals surface area contributed by atoms with E-state index in [4.69, 9.17) is 0 Å². The fourth-order valence-corrected chi connectivity index (χ4v) is 1.35. The number of imide groups is 1. The summed E-state index contributed by atoms with van der Waals surface area (Å²) in [5.41, 5.74) is 0.407. The number of urea groups is 1. The Morgan fingerprint density at radius 2 is 1.76 bits per heavy atom. The van der Waals surface area contributed by atoms with E-state index >= 15 is 0 Å². The van der Waals surface area contributed by atoms with E-state index < -0.39 is 24.3 Å². The summed E-state index contributed by atoms with van der Waals surface area (Å²) in [5.74, 6) is -0.944. The molecule has 0 spiro atoms. The number of carbonyl (C=O) groups is 2. The molecule has 21 heavy (non-hydrogen) atoms. The van der Waals surface area contributed by atoms with Gasteiger partial charge in [0.1, 0.15) is 11.8 Å². The van der Waals surface area contributed by atoms with Crippen molar-refractivity contribution in [1.82, 2.24) is 10.6 Å². The van der Waals surface area contributed by atoms with Gasteiger partial charge in [-0.2, -0.15) is 0 Å². The normalized spacial score (nSPS) is 12.2. The van der Waals surface area contributed by atoms with Gasteiger partial charge in [0.2, 0.25) is 5.91 Å². The Labute approximate surface area is 118 Å². The topological polar surface area (TPSA) is 79.5 Å². The molecule has 0 saturated heterocycles. The minimum absolute atomic E-state index is 0.365. The maximum atomic E-state index is 12.0. The first kappa shape index (κ1) is 16.6. The lowest BCUT2D eigenvalue weighted by Crippen LogP contribution is -2.44. The van der Waals surface area contributed by atoms with Gasteiger partial charge in [-0.25, -0.2) is 4.79 Å². The van der Waals surface area contributed by atoms with Crippen LogP contribution in [0.1, 0.15) is 6.92 Å². The van der Waals surface area contributed by atoms with Crippen LogP contribution < -0.4 is 20.7 Å². The first-order chi connectivity index (χ1) is 9.71. The van der Waals surface area contributed by atoms with Gasteiger partial charge in [0.15, 0.2) is 0 Å². The lowest BCUT2D eigenvalue weighted by molar-refractivity contribution is -0.274. The number of ether oxygens (including phenoxy) is 1. The molecule has 3 amide bonds. The summed E-state index contributed by atoms with van der Waals surface area (Å²) in [6, 6.07) is 3.47. The van der Waals surface area contributed by atoms with E-state index in [1.165, 1.54) is 26.1 Å². The second-order valence-electron chi connectivity index (χ2n) is 4.01. The van der Waals surface area contributed by atoms with Gasteiger partial charge < -0.3 is 15.4 Å². The molecule has 9 heteroatoms. The van der Waals surface area contributed by atoms with Gasteiger partial charge in [-0.3, -0.25) is 10.1 Å². The second-order valence-corrected chi connectivity index (χ2v) is 4.01. The Balaban J connectivity index is 2.59. The zero-order valence-electron chi connectivity index (χ0n) is 11.2. The molecule has 6 nitrogen and oxygen atoms in total. The number of alkyl halides is 3. The number of hydrogen-bond donors (Lipinski definition) is 3. The molecule has 3 N–H and O–H groups in total. The molecule has 1 aromatic carbocycles. The molecule has 0 fully saturated rings. The molecule has 0 aliphatic carbocycles. The average molecular weight is 305 g/mol. The van der Waals surface area contributed by atoms with E-state index in [0.29, 0.717) is 5.69 Å². The minimum atomic E-state index is -4.75. The van der Waals surface area contributed by atoms with Crippen LogP contribution >= 0.6 is 0 Å². The maximum Gasteiger partial charge on any atom is 0.573 e. The molecule has 0 aliphatic rings. The van der Waals surface area contributed by atoms with Crippen LogP contribution in [-0.2, 0) is 4.79 Å². The summed E-state index contributed by atoms with van der Waals surface area (Å²) < 4.78 is 39.7. The number of amides is 3. The van der Waals surface area contributed by atoms with E-state index in [0.717, 1.165) is 12.1 Å². The molecule has 0 aromatic heterocycles. The molecular weight excluding hydrogens is 291 g/mol. The van der Waals surface area contributed by atoms with Crippen molar-refractivity contribution in [2.45, 2.75) is 19.3 Å². The van der Waals surface area contributed by atoms with Gasteiger partial charge in [0.05, 0.1) is 0 Å². The van der Waals surface area contributed by atoms with Crippen molar-refractivity contribution in [2.24, 2.45) is 0 Å². The lowest BCUT2D eigenvalue weighted by Gasteiger charge is -2.15. The molecule has 0 bridgehead atoms. The zero-order chi connectivity index (χ0) is 16.0. The summed E-state index contributed by atoms with van der Waals surface area (Å²) in [6.45, 7) is 1.50. The molecule has 0 aliphatic heterocycles. The number of benzene rings is 1.